The van der Waals surface area contributed by atoms with Crippen molar-refractivity contribution in [3.8, 4) is 0 Å². The lowest BCUT2D eigenvalue weighted by Crippen LogP contribution is -2.52. The van der Waals surface area contributed by atoms with Crippen LogP contribution in [0.2, 0.25) is 0 Å². The molecule has 1 saturated carbocycles. The molecule has 1 aromatic carbocycles. The Bertz CT molecular complexity index is 933. The Morgan fingerprint density at radius 2 is 1.71 bits per heavy atom. The summed E-state index contributed by atoms with van der Waals surface area (Å²) >= 11 is 0. The molecule has 1 heterocycles. The minimum absolute atomic E-state index is 0.0129. The number of rotatable bonds is 4. The molecule has 0 spiro atoms. The second kappa shape index (κ2) is 9.64. The molecule has 2 atom stereocenters. The van der Waals surface area contributed by atoms with Gasteiger partial charge in [-0.1, -0.05) is 32.0 Å². The van der Waals surface area contributed by atoms with E-state index in [1.807, 2.05) is 34.6 Å². The van der Waals surface area contributed by atoms with Crippen LogP contribution in [-0.4, -0.2) is 46.7 Å². The third-order valence-electron chi connectivity index (χ3n) is 7.40. The predicted octanol–water partition coefficient (Wildman–Crippen LogP) is 5.24. The monoisotopic (exact) mass is 498 g/mol. The first-order valence-corrected chi connectivity index (χ1v) is 12.2. The smallest absolute Gasteiger partial charge is 0.416 e. The summed E-state index contributed by atoms with van der Waals surface area (Å²) in [4.78, 5) is 27.6. The maximum atomic E-state index is 13.7. The Morgan fingerprint density at radius 1 is 1.11 bits per heavy atom. The van der Waals surface area contributed by atoms with Gasteiger partial charge in [-0.15, -0.1) is 0 Å². The summed E-state index contributed by atoms with van der Waals surface area (Å²) in [5.74, 6) is -0.0953. The molecule has 1 aliphatic heterocycles. The van der Waals surface area contributed by atoms with Crippen molar-refractivity contribution in [2.24, 2.45) is 11.3 Å². The Kier molecular flexibility index (Phi) is 7.52. The third-order valence-corrected chi connectivity index (χ3v) is 7.40. The Balaban J connectivity index is 1.71. The predicted molar refractivity (Wildman–Crippen MR) is 125 cm³/mol. The SMILES string of the molecule is CC(C)[C@]1(C(=O)N2CCC(O)(c3ccccc3C(F)(F)F)CC2)CC[C@@H](OC(=O)NC(C)(C)C)C1. The number of hydrogen-bond donors (Lipinski definition) is 2. The molecule has 6 nitrogen and oxygen atoms in total. The molecule has 1 aliphatic carbocycles. The number of alkyl halides is 3. The number of likely N-dealkylation sites (tertiary alicyclic amines) is 1. The van der Waals surface area contributed by atoms with Gasteiger partial charge in [0.2, 0.25) is 5.91 Å². The number of benzene rings is 1. The Labute approximate surface area is 205 Å². The van der Waals surface area contributed by atoms with Crippen LogP contribution in [-0.2, 0) is 21.3 Å². The standard InChI is InChI=1S/C26H37F3N2O4/c1-17(2)24(11-10-18(16-24)35-22(33)30-23(3,4)5)21(32)31-14-12-25(34,13-15-31)19-8-6-7-9-20(19)26(27,28)29/h6-9,17-18,34H,10-16H2,1-5H3,(H,30,33)/t18-,24+/m1/s1. The van der Waals surface area contributed by atoms with Gasteiger partial charge in [-0.2, -0.15) is 13.2 Å². The number of carbonyl (C=O) groups is 2. The van der Waals surface area contributed by atoms with Gasteiger partial charge < -0.3 is 20.1 Å². The molecule has 2 N–H and O–H groups in total. The van der Waals surface area contributed by atoms with E-state index in [1.165, 1.54) is 18.2 Å². The molecule has 9 heteroatoms. The van der Waals surface area contributed by atoms with Crippen molar-refractivity contribution in [1.29, 1.82) is 0 Å². The summed E-state index contributed by atoms with van der Waals surface area (Å²) in [7, 11) is 0. The average Bonchev–Trinajstić information content (AvgIpc) is 3.17. The highest BCUT2D eigenvalue weighted by molar-refractivity contribution is 5.83. The molecule has 2 amide bonds. The minimum atomic E-state index is -4.57. The van der Waals surface area contributed by atoms with Gasteiger partial charge in [0.15, 0.2) is 0 Å². The van der Waals surface area contributed by atoms with E-state index in [-0.39, 0.29) is 49.4 Å². The summed E-state index contributed by atoms with van der Waals surface area (Å²) < 4.78 is 46.2. The number of ether oxygens (including phenoxy) is 1. The Morgan fingerprint density at radius 3 is 2.26 bits per heavy atom. The van der Waals surface area contributed by atoms with Crippen molar-refractivity contribution in [1.82, 2.24) is 10.2 Å². The summed E-state index contributed by atoms with van der Waals surface area (Å²) in [5, 5.41) is 13.9. The zero-order chi connectivity index (χ0) is 26.2. The molecule has 1 aromatic rings. The quantitative estimate of drug-likeness (QED) is 0.596. The third kappa shape index (κ3) is 5.93. The largest absolute Gasteiger partial charge is 0.446 e. The van der Waals surface area contributed by atoms with E-state index in [0.717, 1.165) is 6.07 Å². The van der Waals surface area contributed by atoms with Crippen molar-refractivity contribution >= 4 is 12.0 Å². The van der Waals surface area contributed by atoms with E-state index in [9.17, 15) is 27.9 Å². The van der Waals surface area contributed by atoms with Crippen LogP contribution < -0.4 is 5.32 Å². The average molecular weight is 499 g/mol. The molecule has 196 valence electrons. The van der Waals surface area contributed by atoms with E-state index in [1.54, 1.807) is 4.90 Å². The van der Waals surface area contributed by atoms with Gasteiger partial charge in [0.05, 0.1) is 16.6 Å². The van der Waals surface area contributed by atoms with E-state index in [4.69, 9.17) is 4.74 Å². The number of aliphatic hydroxyl groups is 1. The van der Waals surface area contributed by atoms with Crippen LogP contribution in [0.1, 0.15) is 77.8 Å². The molecule has 3 rings (SSSR count). The lowest BCUT2D eigenvalue weighted by molar-refractivity contribution is -0.152. The summed E-state index contributed by atoms with van der Waals surface area (Å²) in [6, 6.07) is 5.09. The van der Waals surface area contributed by atoms with Gasteiger partial charge in [-0.3, -0.25) is 4.79 Å². The number of halogens is 3. The first kappa shape index (κ1) is 27.3. The van der Waals surface area contributed by atoms with Crippen LogP contribution in [0.25, 0.3) is 0 Å². The number of carbonyl (C=O) groups excluding carboxylic acids is 2. The maximum Gasteiger partial charge on any atom is 0.416 e. The van der Waals surface area contributed by atoms with Crippen LogP contribution in [0, 0.1) is 11.3 Å². The lowest BCUT2D eigenvalue weighted by Gasteiger charge is -2.43. The maximum absolute atomic E-state index is 13.7. The molecule has 2 fully saturated rings. The lowest BCUT2D eigenvalue weighted by atomic mass is 9.73. The molecular formula is C26H37F3N2O4. The second-order valence-electron chi connectivity index (χ2n) is 11.3. The molecular weight excluding hydrogens is 461 g/mol. The topological polar surface area (TPSA) is 78.9 Å². The summed E-state index contributed by atoms with van der Waals surface area (Å²) in [6.07, 6.45) is -3.89. The zero-order valence-electron chi connectivity index (χ0n) is 21.2. The van der Waals surface area contributed by atoms with Crippen molar-refractivity contribution in [3.63, 3.8) is 0 Å². The number of nitrogens with zero attached hydrogens (tertiary/aromatic N) is 1. The number of amides is 2. The van der Waals surface area contributed by atoms with E-state index >= 15 is 0 Å². The zero-order valence-corrected chi connectivity index (χ0v) is 21.2. The van der Waals surface area contributed by atoms with E-state index < -0.39 is 34.4 Å². The molecule has 0 radical (unpaired) electrons. The summed E-state index contributed by atoms with van der Waals surface area (Å²) in [6.45, 7) is 9.82. The van der Waals surface area contributed by atoms with Crippen LogP contribution in [0.4, 0.5) is 18.0 Å². The fraction of sp³-hybridized carbons (Fsp3) is 0.692. The highest BCUT2D eigenvalue weighted by Crippen LogP contribution is 2.48. The molecule has 0 aromatic heterocycles. The van der Waals surface area contributed by atoms with Crippen LogP contribution in [0.5, 0.6) is 0 Å². The summed E-state index contributed by atoms with van der Waals surface area (Å²) in [5.41, 5.74) is -3.79. The highest BCUT2D eigenvalue weighted by Gasteiger charge is 2.52. The molecule has 2 aliphatic rings. The molecule has 1 saturated heterocycles. The van der Waals surface area contributed by atoms with Gasteiger partial charge in [0.1, 0.15) is 6.10 Å². The van der Waals surface area contributed by atoms with Crippen molar-refractivity contribution in [2.45, 2.75) is 90.1 Å². The van der Waals surface area contributed by atoms with Gasteiger partial charge in [-0.05, 0) is 70.4 Å². The number of nitrogens with one attached hydrogen (secondary N) is 1. The number of piperidine rings is 1. The fourth-order valence-corrected chi connectivity index (χ4v) is 5.38. The normalized spacial score (nSPS) is 25.0. The van der Waals surface area contributed by atoms with Gasteiger partial charge >= 0.3 is 12.3 Å². The number of alkyl carbamates (subject to hydrolysis) is 1. The second-order valence-corrected chi connectivity index (χ2v) is 11.3. The minimum Gasteiger partial charge on any atom is -0.446 e. The van der Waals surface area contributed by atoms with E-state index in [2.05, 4.69) is 5.32 Å². The van der Waals surface area contributed by atoms with Gasteiger partial charge in [0, 0.05) is 18.6 Å². The Hall–Kier alpha value is -2.29. The first-order valence-electron chi connectivity index (χ1n) is 12.2. The highest BCUT2D eigenvalue weighted by atomic mass is 19.4. The van der Waals surface area contributed by atoms with E-state index in [0.29, 0.717) is 19.3 Å². The van der Waals surface area contributed by atoms with Gasteiger partial charge in [-0.25, -0.2) is 4.79 Å². The first-order chi connectivity index (χ1) is 16.1. The van der Waals surface area contributed by atoms with Gasteiger partial charge in [0.25, 0.3) is 0 Å². The molecule has 0 bridgehead atoms. The molecule has 0 unspecified atom stereocenters. The van der Waals surface area contributed by atoms with Crippen molar-refractivity contribution in [3.05, 3.63) is 35.4 Å². The fourth-order valence-electron chi connectivity index (χ4n) is 5.38. The van der Waals surface area contributed by atoms with Crippen LogP contribution >= 0.6 is 0 Å². The van der Waals surface area contributed by atoms with Crippen LogP contribution in [0.15, 0.2) is 24.3 Å². The molecule has 35 heavy (non-hydrogen) atoms. The van der Waals surface area contributed by atoms with Crippen LogP contribution in [0.3, 0.4) is 0 Å². The van der Waals surface area contributed by atoms with Crippen molar-refractivity contribution < 1.29 is 32.6 Å². The van der Waals surface area contributed by atoms with Crippen molar-refractivity contribution in [2.75, 3.05) is 13.1 Å². The number of hydrogen-bond acceptors (Lipinski definition) is 4.